The van der Waals surface area contributed by atoms with Gasteiger partial charge in [0.05, 0.1) is 11.1 Å². The highest BCUT2D eigenvalue weighted by molar-refractivity contribution is 5.91. The van der Waals surface area contributed by atoms with Crippen LogP contribution in [-0.4, -0.2) is 18.2 Å². The number of carbonyl (C=O) groups excluding carboxylic acids is 2. The fourth-order valence-corrected chi connectivity index (χ4v) is 2.74. The van der Waals surface area contributed by atoms with Gasteiger partial charge in [-0.2, -0.15) is 0 Å². The highest BCUT2D eigenvalue weighted by Crippen LogP contribution is 2.21. The predicted molar refractivity (Wildman–Crippen MR) is 105 cm³/mol. The molecule has 2 rings (SSSR count). The van der Waals surface area contributed by atoms with E-state index in [4.69, 9.17) is 9.47 Å². The van der Waals surface area contributed by atoms with Crippen molar-refractivity contribution in [3.63, 3.8) is 0 Å². The van der Waals surface area contributed by atoms with E-state index in [2.05, 4.69) is 13.8 Å². The Balaban J connectivity index is 2.07. The van der Waals surface area contributed by atoms with E-state index < -0.39 is 18.2 Å². The quantitative estimate of drug-likeness (QED) is 0.434. The maximum Gasteiger partial charge on any atom is 0.341 e. The molecule has 0 N–H and O–H groups in total. The molecule has 2 aromatic carbocycles. The summed E-state index contributed by atoms with van der Waals surface area (Å²) >= 11 is 0. The minimum absolute atomic E-state index is 0.0934. The molecule has 1 atom stereocenters. The zero-order chi connectivity index (χ0) is 19.6. The van der Waals surface area contributed by atoms with Gasteiger partial charge in [-0.3, -0.25) is 0 Å². The summed E-state index contributed by atoms with van der Waals surface area (Å²) in [6.07, 6.45) is 1.96. The molecule has 1 unspecified atom stereocenters. The van der Waals surface area contributed by atoms with Gasteiger partial charge in [-0.25, -0.2) is 9.59 Å². The van der Waals surface area contributed by atoms with E-state index in [1.807, 2.05) is 19.1 Å². The van der Waals surface area contributed by atoms with Crippen LogP contribution < -0.4 is 0 Å². The lowest BCUT2D eigenvalue weighted by atomic mass is 9.99. The molecule has 4 nitrogen and oxygen atoms in total. The van der Waals surface area contributed by atoms with Crippen LogP contribution in [0.2, 0.25) is 0 Å². The first-order valence-corrected chi connectivity index (χ1v) is 9.49. The lowest BCUT2D eigenvalue weighted by Gasteiger charge is -2.24. The number of esters is 2. The summed E-state index contributed by atoms with van der Waals surface area (Å²) in [5.41, 5.74) is 0.875. The van der Waals surface area contributed by atoms with Crippen molar-refractivity contribution in [1.82, 2.24) is 0 Å². The fraction of sp³-hybridized carbons (Fsp3) is 0.391. The van der Waals surface area contributed by atoms with Gasteiger partial charge in [0.2, 0.25) is 0 Å². The summed E-state index contributed by atoms with van der Waals surface area (Å²) in [7, 11) is 0. The van der Waals surface area contributed by atoms with E-state index in [0.29, 0.717) is 17.0 Å². The maximum absolute atomic E-state index is 12.4. The van der Waals surface area contributed by atoms with Crippen LogP contribution in [0.1, 0.15) is 60.7 Å². The third-order valence-electron chi connectivity index (χ3n) is 4.37. The van der Waals surface area contributed by atoms with Gasteiger partial charge in [0.15, 0.2) is 0 Å². The van der Waals surface area contributed by atoms with Crippen LogP contribution >= 0.6 is 0 Å². The molecule has 0 aliphatic carbocycles. The monoisotopic (exact) mass is 368 g/mol. The van der Waals surface area contributed by atoms with Gasteiger partial charge in [0, 0.05) is 5.92 Å². The SMILES string of the molecule is CC(C)CCCC(C)C(OC(=O)c1ccccc1)OC(=O)c1ccccc1. The zero-order valence-electron chi connectivity index (χ0n) is 16.3. The summed E-state index contributed by atoms with van der Waals surface area (Å²) < 4.78 is 11.1. The molecule has 0 saturated heterocycles. The molecule has 4 heteroatoms. The molecule has 0 radical (unpaired) electrons. The lowest BCUT2D eigenvalue weighted by molar-refractivity contribution is -0.107. The standard InChI is InChI=1S/C23H28O4/c1-17(2)11-10-12-18(3)23(26-21(24)19-13-6-4-7-14-19)27-22(25)20-15-8-5-9-16-20/h4-9,13-18,23H,10-12H2,1-3H3. The minimum Gasteiger partial charge on any atom is -0.421 e. The molecule has 0 aliphatic rings. The first-order valence-electron chi connectivity index (χ1n) is 9.49. The molecule has 0 bridgehead atoms. The van der Waals surface area contributed by atoms with Crippen molar-refractivity contribution >= 4 is 11.9 Å². The van der Waals surface area contributed by atoms with Gasteiger partial charge in [-0.1, -0.05) is 70.0 Å². The Morgan fingerprint density at radius 2 is 1.19 bits per heavy atom. The van der Waals surface area contributed by atoms with E-state index in [9.17, 15) is 9.59 Å². The maximum atomic E-state index is 12.4. The molecule has 144 valence electrons. The number of ether oxygens (including phenoxy) is 2. The third-order valence-corrected chi connectivity index (χ3v) is 4.37. The second kappa shape index (κ2) is 10.5. The average Bonchev–Trinajstić information content (AvgIpc) is 2.68. The topological polar surface area (TPSA) is 52.6 Å². The Bertz CT molecular complexity index is 656. The molecule has 0 amide bonds. The second-order valence-electron chi connectivity index (χ2n) is 7.21. The lowest BCUT2D eigenvalue weighted by Crippen LogP contribution is -2.31. The van der Waals surface area contributed by atoms with Gasteiger partial charge in [-0.15, -0.1) is 0 Å². The zero-order valence-corrected chi connectivity index (χ0v) is 16.3. The molecule has 0 spiro atoms. The van der Waals surface area contributed by atoms with Crippen LogP contribution in [0.15, 0.2) is 60.7 Å². The molecule has 0 aliphatic heterocycles. The Labute approximate surface area is 161 Å². The molecule has 2 aromatic rings. The fourth-order valence-electron chi connectivity index (χ4n) is 2.74. The average molecular weight is 368 g/mol. The Morgan fingerprint density at radius 1 is 0.741 bits per heavy atom. The third kappa shape index (κ3) is 6.89. The molecular weight excluding hydrogens is 340 g/mol. The molecule has 0 saturated carbocycles. The normalized spacial score (nSPS) is 12.0. The van der Waals surface area contributed by atoms with E-state index in [1.165, 1.54) is 0 Å². The van der Waals surface area contributed by atoms with Gasteiger partial charge in [0.1, 0.15) is 0 Å². The number of hydrogen-bond donors (Lipinski definition) is 0. The number of benzene rings is 2. The van der Waals surface area contributed by atoms with Crippen molar-refractivity contribution in [3.8, 4) is 0 Å². The Hall–Kier alpha value is -2.62. The Morgan fingerprint density at radius 3 is 1.59 bits per heavy atom. The van der Waals surface area contributed by atoms with Crippen molar-refractivity contribution in [2.45, 2.75) is 46.3 Å². The van der Waals surface area contributed by atoms with E-state index >= 15 is 0 Å². The van der Waals surface area contributed by atoms with E-state index in [0.717, 1.165) is 19.3 Å². The van der Waals surface area contributed by atoms with Gasteiger partial charge >= 0.3 is 11.9 Å². The van der Waals surface area contributed by atoms with E-state index in [1.54, 1.807) is 48.5 Å². The smallest absolute Gasteiger partial charge is 0.341 e. The summed E-state index contributed by atoms with van der Waals surface area (Å²) in [5, 5.41) is 0. The number of carbonyl (C=O) groups is 2. The van der Waals surface area contributed by atoms with Gasteiger partial charge in [-0.05, 0) is 36.6 Å². The van der Waals surface area contributed by atoms with Crippen molar-refractivity contribution in [3.05, 3.63) is 71.8 Å². The summed E-state index contributed by atoms with van der Waals surface area (Å²) in [6.45, 7) is 6.29. The van der Waals surface area contributed by atoms with Crippen molar-refractivity contribution in [1.29, 1.82) is 0 Å². The van der Waals surface area contributed by atoms with Crippen molar-refractivity contribution in [2.24, 2.45) is 11.8 Å². The molecule has 0 aromatic heterocycles. The van der Waals surface area contributed by atoms with Gasteiger partial charge < -0.3 is 9.47 Å². The largest absolute Gasteiger partial charge is 0.421 e. The Kier molecular flexibility index (Phi) is 8.05. The molecule has 0 fully saturated rings. The van der Waals surface area contributed by atoms with Crippen LogP contribution in [0.5, 0.6) is 0 Å². The van der Waals surface area contributed by atoms with Crippen LogP contribution in [0, 0.1) is 11.8 Å². The van der Waals surface area contributed by atoms with Crippen LogP contribution in [-0.2, 0) is 9.47 Å². The highest BCUT2D eigenvalue weighted by Gasteiger charge is 2.26. The van der Waals surface area contributed by atoms with Crippen LogP contribution in [0.3, 0.4) is 0 Å². The predicted octanol–water partition coefficient (Wildman–Crippen LogP) is 5.49. The number of hydrogen-bond acceptors (Lipinski definition) is 4. The van der Waals surface area contributed by atoms with E-state index in [-0.39, 0.29) is 5.92 Å². The van der Waals surface area contributed by atoms with Crippen molar-refractivity contribution in [2.75, 3.05) is 0 Å². The summed E-state index contributed by atoms with van der Waals surface area (Å²) in [4.78, 5) is 24.9. The van der Waals surface area contributed by atoms with Gasteiger partial charge in [0.25, 0.3) is 6.29 Å². The molecular formula is C23H28O4. The first-order chi connectivity index (χ1) is 13.0. The summed E-state index contributed by atoms with van der Waals surface area (Å²) in [5.74, 6) is -0.465. The molecule has 0 heterocycles. The second-order valence-corrected chi connectivity index (χ2v) is 7.21. The van der Waals surface area contributed by atoms with Crippen LogP contribution in [0.4, 0.5) is 0 Å². The van der Waals surface area contributed by atoms with Crippen molar-refractivity contribution < 1.29 is 19.1 Å². The number of rotatable bonds is 9. The first kappa shape index (κ1) is 20.7. The molecule has 27 heavy (non-hydrogen) atoms. The summed E-state index contributed by atoms with van der Waals surface area (Å²) in [6, 6.07) is 17.5. The van der Waals surface area contributed by atoms with Crippen LogP contribution in [0.25, 0.3) is 0 Å². The highest BCUT2D eigenvalue weighted by atomic mass is 16.7. The minimum atomic E-state index is -0.919.